The average Bonchev–Trinajstić information content (AvgIpc) is 3.53. The zero-order valence-corrected chi connectivity index (χ0v) is 28.8. The Kier molecular flexibility index (Phi) is 10.2. The number of carbonyl (C=O) groups is 2. The quantitative estimate of drug-likeness (QED) is 0.267. The Morgan fingerprint density at radius 2 is 1.57 bits per heavy atom. The van der Waals surface area contributed by atoms with Gasteiger partial charge < -0.3 is 9.47 Å². The molecule has 0 radical (unpaired) electrons. The second-order valence-electron chi connectivity index (χ2n) is 14.2. The van der Waals surface area contributed by atoms with Crippen LogP contribution in [0.15, 0.2) is 47.4 Å². The standard InChI is InChI=1S/C29H40N4O2.C7H8O3S/c1-17(2)10-21-12-23(13-21)28-30-31-29(33(28)24-8-9-24)26-16-32(20(5)34)15-25(26)27(35)14-22-7-6-18(3)11-19(22)4;1-6-2-4-7(5-3-6)11(8,9)10/h6-7,11,17,21,23-26H,8-10,12-16H2,1-5H3;2-5H,1H3,(H,8,9,10)/t21?,23?,25-,26-;/m1./s1. The van der Waals surface area contributed by atoms with E-state index >= 15 is 0 Å². The molecule has 2 aliphatic carbocycles. The Bertz CT molecular complexity index is 1670. The molecule has 1 saturated heterocycles. The Hall–Kier alpha value is -3.37. The lowest BCUT2D eigenvalue weighted by molar-refractivity contribution is -0.128. The molecule has 0 bridgehead atoms. The van der Waals surface area contributed by atoms with Gasteiger partial charge in [0.25, 0.3) is 10.1 Å². The summed E-state index contributed by atoms with van der Waals surface area (Å²) in [5.41, 5.74) is 4.39. The molecule has 2 atom stereocenters. The average molecular weight is 649 g/mol. The lowest BCUT2D eigenvalue weighted by atomic mass is 9.71. The van der Waals surface area contributed by atoms with Crippen LogP contribution in [0.4, 0.5) is 0 Å². The van der Waals surface area contributed by atoms with E-state index in [1.807, 2.05) is 11.8 Å². The van der Waals surface area contributed by atoms with Gasteiger partial charge in [0.1, 0.15) is 17.4 Å². The molecule has 2 saturated carbocycles. The number of aromatic nitrogens is 3. The third kappa shape index (κ3) is 7.94. The van der Waals surface area contributed by atoms with Crippen LogP contribution >= 0.6 is 0 Å². The highest BCUT2D eigenvalue weighted by molar-refractivity contribution is 7.85. The van der Waals surface area contributed by atoms with Gasteiger partial charge in [-0.2, -0.15) is 8.42 Å². The molecule has 0 unspecified atom stereocenters. The molecule has 248 valence electrons. The molecular weight excluding hydrogens is 600 g/mol. The molecule has 3 aliphatic rings. The van der Waals surface area contributed by atoms with Crippen LogP contribution in [-0.4, -0.2) is 57.4 Å². The molecule has 10 heteroatoms. The first-order valence-corrected chi connectivity index (χ1v) is 18.0. The summed E-state index contributed by atoms with van der Waals surface area (Å²) < 4.78 is 31.9. The number of Topliss-reactive ketones (excluding diaryl/α,β-unsaturated/α-hetero) is 1. The fourth-order valence-electron chi connectivity index (χ4n) is 7.08. The molecule has 3 fully saturated rings. The van der Waals surface area contributed by atoms with Crippen molar-refractivity contribution in [3.05, 3.63) is 76.4 Å². The fraction of sp³-hybridized carbons (Fsp3) is 0.556. The van der Waals surface area contributed by atoms with Gasteiger partial charge in [0, 0.05) is 50.2 Å². The largest absolute Gasteiger partial charge is 0.341 e. The highest BCUT2D eigenvalue weighted by Crippen LogP contribution is 2.48. The minimum atomic E-state index is -4.02. The summed E-state index contributed by atoms with van der Waals surface area (Å²) in [6, 6.07) is 12.7. The van der Waals surface area contributed by atoms with Crippen LogP contribution in [0.25, 0.3) is 0 Å². The van der Waals surface area contributed by atoms with Crippen molar-refractivity contribution in [1.29, 1.82) is 0 Å². The van der Waals surface area contributed by atoms with Crippen molar-refractivity contribution < 1.29 is 22.6 Å². The van der Waals surface area contributed by atoms with Crippen LogP contribution in [0.3, 0.4) is 0 Å². The fourth-order valence-corrected chi connectivity index (χ4v) is 7.56. The maximum atomic E-state index is 13.7. The normalized spacial score (nSPS) is 22.7. The lowest BCUT2D eigenvalue weighted by Crippen LogP contribution is -2.28. The SMILES string of the molecule is CC(=O)N1C[C@@H](C(=O)Cc2ccc(C)cc2C)[C@H](c2nnc(C3CC(CC(C)C)C3)n2C2CC2)C1.Cc1ccc(S(=O)(=O)O)cc1. The van der Waals surface area contributed by atoms with Gasteiger partial charge in [-0.3, -0.25) is 14.1 Å². The number of benzene rings is 2. The number of likely N-dealkylation sites (tertiary alicyclic amines) is 1. The monoisotopic (exact) mass is 648 g/mol. The van der Waals surface area contributed by atoms with Crippen LogP contribution in [0.1, 0.15) is 105 Å². The molecule has 2 aromatic carbocycles. The van der Waals surface area contributed by atoms with Crippen LogP contribution < -0.4 is 0 Å². The Labute approximate surface area is 273 Å². The van der Waals surface area contributed by atoms with Crippen molar-refractivity contribution >= 4 is 21.8 Å². The van der Waals surface area contributed by atoms with E-state index in [0.717, 1.165) is 53.0 Å². The third-order valence-electron chi connectivity index (χ3n) is 9.76. The second-order valence-corrected chi connectivity index (χ2v) is 15.6. The molecule has 1 aromatic heterocycles. The van der Waals surface area contributed by atoms with E-state index in [1.54, 1.807) is 19.1 Å². The molecular formula is C36H48N4O5S. The molecule has 0 spiro atoms. The number of hydrogen-bond donors (Lipinski definition) is 1. The molecule has 1 amide bonds. The van der Waals surface area contributed by atoms with E-state index < -0.39 is 10.1 Å². The van der Waals surface area contributed by atoms with Crippen LogP contribution in [0.2, 0.25) is 0 Å². The minimum absolute atomic E-state index is 0.0325. The van der Waals surface area contributed by atoms with Gasteiger partial charge in [-0.15, -0.1) is 10.2 Å². The maximum absolute atomic E-state index is 13.7. The third-order valence-corrected chi connectivity index (χ3v) is 10.6. The molecule has 6 rings (SSSR count). The lowest BCUT2D eigenvalue weighted by Gasteiger charge is -2.36. The predicted molar refractivity (Wildman–Crippen MR) is 177 cm³/mol. The van der Waals surface area contributed by atoms with Gasteiger partial charge in [0.05, 0.1) is 4.90 Å². The number of carbonyl (C=O) groups excluding carboxylic acids is 2. The van der Waals surface area contributed by atoms with E-state index in [9.17, 15) is 18.0 Å². The van der Waals surface area contributed by atoms with Gasteiger partial charge in [-0.25, -0.2) is 0 Å². The molecule has 3 aromatic rings. The molecule has 1 aliphatic heterocycles. The zero-order valence-electron chi connectivity index (χ0n) is 27.9. The van der Waals surface area contributed by atoms with E-state index in [-0.39, 0.29) is 28.4 Å². The van der Waals surface area contributed by atoms with E-state index in [2.05, 4.69) is 50.5 Å². The molecule has 46 heavy (non-hydrogen) atoms. The van der Waals surface area contributed by atoms with Crippen LogP contribution in [0.5, 0.6) is 0 Å². The first kappa shape index (κ1) is 34.0. The van der Waals surface area contributed by atoms with Crippen molar-refractivity contribution in [2.45, 2.75) is 103 Å². The number of aryl methyl sites for hydroxylation is 3. The summed E-state index contributed by atoms with van der Waals surface area (Å²) in [5.74, 6) is 4.01. The first-order chi connectivity index (χ1) is 21.7. The Morgan fingerprint density at radius 3 is 2.13 bits per heavy atom. The Balaban J connectivity index is 0.000000322. The smallest absolute Gasteiger partial charge is 0.294 e. The van der Waals surface area contributed by atoms with Gasteiger partial charge in [0.15, 0.2) is 0 Å². The van der Waals surface area contributed by atoms with Crippen molar-refractivity contribution in [1.82, 2.24) is 19.7 Å². The van der Waals surface area contributed by atoms with E-state index in [0.29, 0.717) is 31.5 Å². The van der Waals surface area contributed by atoms with Gasteiger partial charge in [-0.05, 0) is 88.0 Å². The number of ketones is 1. The Morgan fingerprint density at radius 1 is 0.935 bits per heavy atom. The first-order valence-electron chi connectivity index (χ1n) is 16.5. The summed E-state index contributed by atoms with van der Waals surface area (Å²) in [7, 11) is -4.02. The van der Waals surface area contributed by atoms with Gasteiger partial charge in [-0.1, -0.05) is 55.3 Å². The number of nitrogens with zero attached hydrogens (tertiary/aromatic N) is 4. The zero-order chi connectivity index (χ0) is 33.3. The van der Waals surface area contributed by atoms with Gasteiger partial charge >= 0.3 is 0 Å². The molecule has 1 N–H and O–H groups in total. The van der Waals surface area contributed by atoms with E-state index in [1.165, 1.54) is 37.0 Å². The van der Waals surface area contributed by atoms with Crippen molar-refractivity contribution in [2.24, 2.45) is 17.8 Å². The highest BCUT2D eigenvalue weighted by atomic mass is 32.2. The second kappa shape index (κ2) is 13.8. The highest BCUT2D eigenvalue weighted by Gasteiger charge is 2.45. The summed E-state index contributed by atoms with van der Waals surface area (Å²) in [6.07, 6.45) is 6.40. The van der Waals surface area contributed by atoms with Gasteiger partial charge in [0.2, 0.25) is 5.91 Å². The summed E-state index contributed by atoms with van der Waals surface area (Å²) >= 11 is 0. The summed E-state index contributed by atoms with van der Waals surface area (Å²) in [6.45, 7) is 13.2. The van der Waals surface area contributed by atoms with E-state index in [4.69, 9.17) is 14.8 Å². The minimum Gasteiger partial charge on any atom is -0.341 e. The molecule has 2 heterocycles. The van der Waals surface area contributed by atoms with Crippen molar-refractivity contribution in [2.75, 3.05) is 13.1 Å². The molecule has 9 nitrogen and oxygen atoms in total. The predicted octanol–water partition coefficient (Wildman–Crippen LogP) is 6.38. The summed E-state index contributed by atoms with van der Waals surface area (Å²) in [4.78, 5) is 27.8. The van der Waals surface area contributed by atoms with Crippen LogP contribution in [0, 0.1) is 38.5 Å². The van der Waals surface area contributed by atoms with Crippen LogP contribution in [-0.2, 0) is 26.1 Å². The summed E-state index contributed by atoms with van der Waals surface area (Å²) in [5, 5.41) is 9.46. The number of amides is 1. The maximum Gasteiger partial charge on any atom is 0.294 e. The number of hydrogen-bond acceptors (Lipinski definition) is 6. The number of rotatable bonds is 9. The topological polar surface area (TPSA) is 122 Å². The van der Waals surface area contributed by atoms with Crippen molar-refractivity contribution in [3.63, 3.8) is 0 Å². The van der Waals surface area contributed by atoms with Crippen molar-refractivity contribution in [3.8, 4) is 0 Å².